The number of hydrogen-bond acceptors (Lipinski definition) is 7. The molecule has 0 aliphatic carbocycles. The molecule has 140 valence electrons. The number of carbonyl (C=O) groups is 2. The van der Waals surface area contributed by atoms with Crippen LogP contribution in [0.25, 0.3) is 5.70 Å². The third kappa shape index (κ3) is 4.05. The van der Waals surface area contributed by atoms with Crippen molar-refractivity contribution in [3.05, 3.63) is 41.7 Å². The number of likely N-dealkylation sites (tertiary alicyclic amines) is 1. The number of amides is 1. The van der Waals surface area contributed by atoms with E-state index < -0.39 is 5.91 Å². The first kappa shape index (κ1) is 18.4. The Morgan fingerprint density at radius 3 is 2.74 bits per heavy atom. The Hall–Kier alpha value is -3.42. The van der Waals surface area contributed by atoms with Crippen molar-refractivity contribution >= 4 is 29.3 Å². The second kappa shape index (κ2) is 7.86. The van der Waals surface area contributed by atoms with Gasteiger partial charge in [-0.05, 0) is 24.3 Å². The minimum absolute atomic E-state index is 0.0105. The van der Waals surface area contributed by atoms with E-state index in [1.807, 2.05) is 12.1 Å². The number of allylic oxidation sites excluding steroid dienone is 1. The van der Waals surface area contributed by atoms with E-state index in [-0.39, 0.29) is 18.0 Å². The lowest BCUT2D eigenvalue weighted by atomic mass is 10.1. The number of methoxy groups -OCH3 is 2. The molecule has 0 atom stereocenters. The second-order valence-electron chi connectivity index (χ2n) is 6.01. The molecular formula is C19H20N4O4. The number of ether oxygens (including phenoxy) is 2. The monoisotopic (exact) mass is 368 g/mol. The number of nitrogens with zero attached hydrogens (tertiary/aromatic N) is 2. The van der Waals surface area contributed by atoms with Gasteiger partial charge in [-0.15, -0.1) is 0 Å². The summed E-state index contributed by atoms with van der Waals surface area (Å²) in [6, 6.07) is 5.48. The van der Waals surface area contributed by atoms with Crippen LogP contribution < -0.4 is 14.8 Å². The number of nitrogens with one attached hydrogen (secondary N) is 2. The van der Waals surface area contributed by atoms with Crippen LogP contribution in [-0.2, 0) is 9.59 Å². The van der Waals surface area contributed by atoms with Gasteiger partial charge in [-0.3, -0.25) is 15.0 Å². The van der Waals surface area contributed by atoms with Gasteiger partial charge in [0.15, 0.2) is 17.3 Å². The fraction of sp³-hybridized carbons (Fsp3) is 0.263. The van der Waals surface area contributed by atoms with E-state index in [1.54, 1.807) is 32.6 Å². The Kier molecular flexibility index (Phi) is 5.35. The predicted molar refractivity (Wildman–Crippen MR) is 101 cm³/mol. The van der Waals surface area contributed by atoms with Gasteiger partial charge in [0.1, 0.15) is 11.5 Å². The maximum atomic E-state index is 12.3. The van der Waals surface area contributed by atoms with Crippen molar-refractivity contribution in [2.45, 2.75) is 6.42 Å². The quantitative estimate of drug-likeness (QED) is 0.764. The molecule has 2 aliphatic heterocycles. The van der Waals surface area contributed by atoms with Crippen molar-refractivity contribution in [2.24, 2.45) is 4.99 Å². The topological polar surface area (TPSA) is 104 Å². The first-order chi connectivity index (χ1) is 13.0. The number of aliphatic imine (C=N–C) groups is 1. The first-order valence-electron chi connectivity index (χ1n) is 8.37. The zero-order valence-electron chi connectivity index (χ0n) is 15.1. The minimum atomic E-state index is -0.479. The van der Waals surface area contributed by atoms with Gasteiger partial charge >= 0.3 is 0 Å². The molecule has 27 heavy (non-hydrogen) atoms. The second-order valence-corrected chi connectivity index (χ2v) is 6.01. The summed E-state index contributed by atoms with van der Waals surface area (Å²) < 4.78 is 10.6. The van der Waals surface area contributed by atoms with Crippen molar-refractivity contribution in [1.29, 1.82) is 5.41 Å². The predicted octanol–water partition coefficient (Wildman–Crippen LogP) is 1.38. The summed E-state index contributed by atoms with van der Waals surface area (Å²) in [7, 11) is 3.13. The van der Waals surface area contributed by atoms with Crippen LogP contribution in [0.4, 0.5) is 0 Å². The standard InChI is InChI=1S/C19H20N4O4/c1-26-16-4-3-12(9-17(16)27-2)15-5-7-21-18(22-15)10-14(20)19(25)23-8-6-13(24)11-23/h3-5,7,9-10,20,22H,6,8,11H2,1-2H3/b18-10-,20-14?. The molecule has 8 nitrogen and oxygen atoms in total. The van der Waals surface area contributed by atoms with Gasteiger partial charge in [-0.1, -0.05) is 0 Å². The van der Waals surface area contributed by atoms with Crippen molar-refractivity contribution in [3.63, 3.8) is 0 Å². The van der Waals surface area contributed by atoms with Crippen molar-refractivity contribution in [2.75, 3.05) is 27.3 Å². The lowest BCUT2D eigenvalue weighted by Crippen LogP contribution is -2.34. The molecule has 2 N–H and O–H groups in total. The number of rotatable bonds is 5. The van der Waals surface area contributed by atoms with Crippen LogP contribution in [0.5, 0.6) is 11.5 Å². The molecule has 0 aromatic heterocycles. The third-order valence-corrected chi connectivity index (χ3v) is 4.24. The molecule has 1 fully saturated rings. The molecule has 0 radical (unpaired) electrons. The Morgan fingerprint density at radius 2 is 2.07 bits per heavy atom. The van der Waals surface area contributed by atoms with E-state index in [0.717, 1.165) is 11.3 Å². The molecular weight excluding hydrogens is 348 g/mol. The summed E-state index contributed by atoms with van der Waals surface area (Å²) in [4.78, 5) is 29.1. The zero-order chi connectivity index (χ0) is 19.4. The average Bonchev–Trinajstić information content (AvgIpc) is 3.13. The van der Waals surface area contributed by atoms with E-state index in [4.69, 9.17) is 14.9 Å². The fourth-order valence-electron chi connectivity index (χ4n) is 2.82. The van der Waals surface area contributed by atoms with Crippen molar-refractivity contribution in [3.8, 4) is 11.5 Å². The molecule has 0 unspecified atom stereocenters. The summed E-state index contributed by atoms with van der Waals surface area (Å²) >= 11 is 0. The summed E-state index contributed by atoms with van der Waals surface area (Å²) in [6.45, 7) is 0.425. The van der Waals surface area contributed by atoms with E-state index in [2.05, 4.69) is 10.3 Å². The molecule has 8 heteroatoms. The lowest BCUT2D eigenvalue weighted by molar-refractivity contribution is -0.125. The van der Waals surface area contributed by atoms with Gasteiger partial charge in [0.25, 0.3) is 5.91 Å². The Labute approximate surface area is 156 Å². The summed E-state index contributed by atoms with van der Waals surface area (Å²) in [5, 5.41) is 11.1. The smallest absolute Gasteiger partial charge is 0.272 e. The van der Waals surface area contributed by atoms with Gasteiger partial charge in [0.05, 0.1) is 20.8 Å². The Morgan fingerprint density at radius 1 is 1.30 bits per heavy atom. The van der Waals surface area contributed by atoms with Gasteiger partial charge in [-0.2, -0.15) is 0 Å². The maximum absolute atomic E-state index is 12.3. The summed E-state index contributed by atoms with van der Waals surface area (Å²) in [5.74, 6) is 1.11. The maximum Gasteiger partial charge on any atom is 0.272 e. The number of Topliss-reactive ketones (excluding diaryl/α,β-unsaturated/α-hetero) is 1. The van der Waals surface area contributed by atoms with E-state index in [0.29, 0.717) is 30.3 Å². The molecule has 2 heterocycles. The Bertz CT molecular complexity index is 886. The molecule has 0 spiro atoms. The number of hydrogen-bond donors (Lipinski definition) is 2. The molecule has 1 aromatic carbocycles. The first-order valence-corrected chi connectivity index (χ1v) is 8.37. The van der Waals surface area contributed by atoms with E-state index in [1.165, 1.54) is 11.0 Å². The van der Waals surface area contributed by atoms with E-state index in [9.17, 15) is 9.59 Å². The minimum Gasteiger partial charge on any atom is -0.493 e. The zero-order valence-corrected chi connectivity index (χ0v) is 15.1. The molecule has 2 aliphatic rings. The van der Waals surface area contributed by atoms with Crippen LogP contribution >= 0.6 is 0 Å². The molecule has 0 bridgehead atoms. The number of benzene rings is 1. The van der Waals surface area contributed by atoms with Crippen molar-refractivity contribution in [1.82, 2.24) is 10.2 Å². The number of carbonyl (C=O) groups excluding carboxylic acids is 2. The van der Waals surface area contributed by atoms with Crippen LogP contribution in [0.3, 0.4) is 0 Å². The summed E-state index contributed by atoms with van der Waals surface area (Å²) in [6.07, 6.45) is 5.07. The molecule has 1 aromatic rings. The van der Waals surface area contributed by atoms with Gasteiger partial charge in [0, 0.05) is 36.5 Å². The van der Waals surface area contributed by atoms with Gasteiger partial charge < -0.3 is 19.7 Å². The molecule has 1 saturated heterocycles. The highest BCUT2D eigenvalue weighted by atomic mass is 16.5. The average molecular weight is 368 g/mol. The van der Waals surface area contributed by atoms with Crippen molar-refractivity contribution < 1.29 is 19.1 Å². The highest BCUT2D eigenvalue weighted by molar-refractivity contribution is 6.42. The van der Waals surface area contributed by atoms with E-state index >= 15 is 0 Å². The fourth-order valence-corrected chi connectivity index (χ4v) is 2.82. The van der Waals surface area contributed by atoms with Gasteiger partial charge in [0.2, 0.25) is 0 Å². The Balaban J connectivity index is 1.74. The van der Waals surface area contributed by atoms with Crippen LogP contribution in [-0.4, -0.2) is 55.8 Å². The highest BCUT2D eigenvalue weighted by Gasteiger charge is 2.26. The highest BCUT2D eigenvalue weighted by Crippen LogP contribution is 2.30. The van der Waals surface area contributed by atoms with Crippen LogP contribution in [0.15, 0.2) is 41.2 Å². The molecule has 0 saturated carbocycles. The lowest BCUT2D eigenvalue weighted by Gasteiger charge is -2.17. The molecule has 1 amide bonds. The number of ketones is 1. The largest absolute Gasteiger partial charge is 0.493 e. The molecule has 3 rings (SSSR count). The normalized spacial score (nSPS) is 17.6. The van der Waals surface area contributed by atoms with Crippen LogP contribution in [0.2, 0.25) is 0 Å². The van der Waals surface area contributed by atoms with Gasteiger partial charge in [-0.25, -0.2) is 4.99 Å². The third-order valence-electron chi connectivity index (χ3n) is 4.24. The SMILES string of the molecule is COc1ccc(C2=CC=N/C(=C/C(=N)C(=O)N3CCC(=O)C3)N2)cc1OC. The summed E-state index contributed by atoms with van der Waals surface area (Å²) in [5.41, 5.74) is 1.36. The van der Waals surface area contributed by atoms with Crippen LogP contribution in [0.1, 0.15) is 12.0 Å². The van der Waals surface area contributed by atoms with Crippen LogP contribution in [0, 0.1) is 5.41 Å².